The van der Waals surface area contributed by atoms with Gasteiger partial charge < -0.3 is 4.43 Å². The SMILES string of the molecule is CCCC/C=C(\CCCCC)O[Si](C)(C)C. The van der Waals surface area contributed by atoms with Crippen molar-refractivity contribution in [2.24, 2.45) is 0 Å². The van der Waals surface area contributed by atoms with E-state index in [1.807, 2.05) is 0 Å². The van der Waals surface area contributed by atoms with Gasteiger partial charge in [0.15, 0.2) is 0 Å². The lowest BCUT2D eigenvalue weighted by Gasteiger charge is -2.22. The minimum absolute atomic E-state index is 1.14. The fourth-order valence-electron chi connectivity index (χ4n) is 1.60. The van der Waals surface area contributed by atoms with Crippen LogP contribution < -0.4 is 0 Å². The molecule has 0 aromatic rings. The van der Waals surface area contributed by atoms with Crippen LogP contribution in [-0.4, -0.2) is 8.32 Å². The molecule has 0 amide bonds. The zero-order valence-electron chi connectivity index (χ0n) is 11.9. The highest BCUT2D eigenvalue weighted by Gasteiger charge is 2.17. The van der Waals surface area contributed by atoms with Crippen LogP contribution in [0.15, 0.2) is 11.8 Å². The Balaban J connectivity index is 4.10. The van der Waals surface area contributed by atoms with Crippen LogP contribution in [0.5, 0.6) is 0 Å². The lowest BCUT2D eigenvalue weighted by molar-refractivity contribution is 0.389. The molecule has 0 fully saturated rings. The fraction of sp³-hybridized carbons (Fsp3) is 0.857. The van der Waals surface area contributed by atoms with Crippen LogP contribution in [-0.2, 0) is 4.43 Å². The molecule has 0 aromatic heterocycles. The van der Waals surface area contributed by atoms with Crippen molar-refractivity contribution in [3.8, 4) is 0 Å². The average molecular weight is 242 g/mol. The van der Waals surface area contributed by atoms with Crippen LogP contribution in [0.25, 0.3) is 0 Å². The molecule has 0 rings (SSSR count). The Hall–Kier alpha value is -0.243. The summed E-state index contributed by atoms with van der Waals surface area (Å²) < 4.78 is 6.13. The Labute approximate surface area is 103 Å². The normalized spacial score (nSPS) is 12.9. The molecule has 0 aromatic carbocycles. The van der Waals surface area contributed by atoms with Gasteiger partial charge in [-0.15, -0.1) is 0 Å². The van der Waals surface area contributed by atoms with Gasteiger partial charge in [-0.05, 0) is 45.0 Å². The first kappa shape index (κ1) is 15.8. The van der Waals surface area contributed by atoms with Crippen LogP contribution in [0.4, 0.5) is 0 Å². The van der Waals surface area contributed by atoms with E-state index in [2.05, 4.69) is 39.6 Å². The van der Waals surface area contributed by atoms with Crippen LogP contribution in [0.2, 0.25) is 19.6 Å². The molecule has 0 unspecified atom stereocenters. The smallest absolute Gasteiger partial charge is 0.241 e. The highest BCUT2D eigenvalue weighted by Crippen LogP contribution is 2.18. The predicted molar refractivity (Wildman–Crippen MR) is 76.2 cm³/mol. The van der Waals surface area contributed by atoms with Crippen LogP contribution in [0.1, 0.15) is 58.8 Å². The maximum atomic E-state index is 6.13. The van der Waals surface area contributed by atoms with Gasteiger partial charge in [-0.3, -0.25) is 0 Å². The van der Waals surface area contributed by atoms with E-state index in [1.54, 1.807) is 0 Å². The molecule has 0 aliphatic heterocycles. The Morgan fingerprint density at radius 2 is 1.62 bits per heavy atom. The average Bonchev–Trinajstić information content (AvgIpc) is 2.16. The first-order valence-corrected chi connectivity index (χ1v) is 10.3. The van der Waals surface area contributed by atoms with Gasteiger partial charge in [0.1, 0.15) is 0 Å². The van der Waals surface area contributed by atoms with E-state index in [-0.39, 0.29) is 0 Å². The molecule has 2 heteroatoms. The van der Waals surface area contributed by atoms with Crippen molar-refractivity contribution in [2.45, 2.75) is 78.4 Å². The van der Waals surface area contributed by atoms with Gasteiger partial charge in [-0.1, -0.05) is 33.1 Å². The van der Waals surface area contributed by atoms with Crippen LogP contribution in [0.3, 0.4) is 0 Å². The van der Waals surface area contributed by atoms with E-state index in [9.17, 15) is 0 Å². The Bertz CT molecular complexity index is 191. The molecule has 0 heterocycles. The molecule has 0 saturated carbocycles. The second-order valence-electron chi connectivity index (χ2n) is 5.48. The Morgan fingerprint density at radius 3 is 2.12 bits per heavy atom. The van der Waals surface area contributed by atoms with Crippen molar-refractivity contribution in [3.05, 3.63) is 11.8 Å². The molecule has 0 aliphatic carbocycles. The Morgan fingerprint density at radius 1 is 1.00 bits per heavy atom. The zero-order valence-corrected chi connectivity index (χ0v) is 12.9. The molecule has 0 N–H and O–H groups in total. The van der Waals surface area contributed by atoms with E-state index in [1.165, 1.54) is 44.3 Å². The van der Waals surface area contributed by atoms with Crippen molar-refractivity contribution in [1.29, 1.82) is 0 Å². The lowest BCUT2D eigenvalue weighted by Crippen LogP contribution is -2.24. The maximum Gasteiger partial charge on any atom is 0.241 e. The molecule has 0 saturated heterocycles. The molecule has 0 aliphatic rings. The highest BCUT2D eigenvalue weighted by atomic mass is 28.4. The Kier molecular flexibility index (Phi) is 8.72. The van der Waals surface area contributed by atoms with Gasteiger partial charge >= 0.3 is 0 Å². The number of allylic oxidation sites excluding steroid dienone is 2. The van der Waals surface area contributed by atoms with E-state index >= 15 is 0 Å². The molecular weight excluding hydrogens is 212 g/mol. The third kappa shape index (κ3) is 10.3. The van der Waals surface area contributed by atoms with Gasteiger partial charge in [-0.25, -0.2) is 0 Å². The predicted octanol–water partition coefficient (Wildman–Crippen LogP) is 5.49. The molecule has 0 radical (unpaired) electrons. The summed E-state index contributed by atoms with van der Waals surface area (Å²) in [6.45, 7) is 11.3. The van der Waals surface area contributed by atoms with Gasteiger partial charge in [0.25, 0.3) is 0 Å². The third-order valence-electron chi connectivity index (χ3n) is 2.39. The van der Waals surface area contributed by atoms with Crippen molar-refractivity contribution < 1.29 is 4.43 Å². The maximum absolute atomic E-state index is 6.13. The van der Waals surface area contributed by atoms with E-state index in [4.69, 9.17) is 4.43 Å². The topological polar surface area (TPSA) is 9.23 Å². The molecule has 16 heavy (non-hydrogen) atoms. The molecule has 1 nitrogen and oxygen atoms in total. The lowest BCUT2D eigenvalue weighted by atomic mass is 10.1. The van der Waals surface area contributed by atoms with Crippen LogP contribution >= 0.6 is 0 Å². The summed E-state index contributed by atoms with van der Waals surface area (Å²) in [6, 6.07) is 0. The minimum Gasteiger partial charge on any atom is -0.548 e. The summed E-state index contributed by atoms with van der Waals surface area (Å²) in [7, 11) is -1.41. The highest BCUT2D eigenvalue weighted by molar-refractivity contribution is 6.70. The standard InChI is InChI=1S/C14H30OSi/c1-6-8-10-12-14(13-11-9-7-2)15-16(3,4)5/h12H,6-11,13H2,1-5H3/b14-12+. The van der Waals surface area contributed by atoms with Gasteiger partial charge in [0.05, 0.1) is 5.76 Å². The number of rotatable bonds is 9. The summed E-state index contributed by atoms with van der Waals surface area (Å²) >= 11 is 0. The van der Waals surface area contributed by atoms with E-state index in [0.29, 0.717) is 0 Å². The van der Waals surface area contributed by atoms with Gasteiger partial charge in [-0.2, -0.15) is 0 Å². The molecule has 0 spiro atoms. The number of unbranched alkanes of at least 4 members (excludes halogenated alkanes) is 4. The summed E-state index contributed by atoms with van der Waals surface area (Å²) in [4.78, 5) is 0. The second-order valence-corrected chi connectivity index (χ2v) is 9.91. The van der Waals surface area contributed by atoms with Crippen LogP contribution in [0, 0.1) is 0 Å². The molecule has 0 atom stereocenters. The summed E-state index contributed by atoms with van der Waals surface area (Å²) in [5.74, 6) is 1.26. The molecular formula is C14H30OSi. The first-order chi connectivity index (χ1) is 7.49. The van der Waals surface area contributed by atoms with Crippen molar-refractivity contribution in [3.63, 3.8) is 0 Å². The van der Waals surface area contributed by atoms with E-state index in [0.717, 1.165) is 6.42 Å². The van der Waals surface area contributed by atoms with Gasteiger partial charge in [0.2, 0.25) is 8.32 Å². The van der Waals surface area contributed by atoms with Crippen molar-refractivity contribution in [2.75, 3.05) is 0 Å². The monoisotopic (exact) mass is 242 g/mol. The van der Waals surface area contributed by atoms with Gasteiger partial charge in [0, 0.05) is 6.42 Å². The molecule has 96 valence electrons. The van der Waals surface area contributed by atoms with Crippen molar-refractivity contribution in [1.82, 2.24) is 0 Å². The number of hydrogen-bond donors (Lipinski definition) is 0. The fourth-order valence-corrected chi connectivity index (χ4v) is 2.58. The third-order valence-corrected chi connectivity index (χ3v) is 3.27. The minimum atomic E-state index is -1.41. The summed E-state index contributed by atoms with van der Waals surface area (Å²) in [6.07, 6.45) is 11.1. The summed E-state index contributed by atoms with van der Waals surface area (Å²) in [5.41, 5.74) is 0. The van der Waals surface area contributed by atoms with Crippen molar-refractivity contribution >= 4 is 8.32 Å². The zero-order chi connectivity index (χ0) is 12.4. The quantitative estimate of drug-likeness (QED) is 0.295. The summed E-state index contributed by atoms with van der Waals surface area (Å²) in [5, 5.41) is 0. The first-order valence-electron chi connectivity index (χ1n) is 6.87. The molecule has 0 bridgehead atoms. The van der Waals surface area contributed by atoms with E-state index < -0.39 is 8.32 Å². The largest absolute Gasteiger partial charge is 0.548 e. The number of hydrogen-bond acceptors (Lipinski definition) is 1. The second kappa shape index (κ2) is 8.86.